The highest BCUT2D eigenvalue weighted by atomic mass is 32.2. The van der Waals surface area contributed by atoms with Crippen molar-refractivity contribution < 1.29 is 13.4 Å². The van der Waals surface area contributed by atoms with E-state index in [2.05, 4.69) is 5.32 Å². The number of hydrogen-bond donors (Lipinski definition) is 1. The minimum Gasteiger partial charge on any atom is -0.352 e. The predicted molar refractivity (Wildman–Crippen MR) is 82.7 cm³/mol. The average Bonchev–Trinajstić information content (AvgIpc) is 2.47. The smallest absolute Gasteiger partial charge is 0.235 e. The van der Waals surface area contributed by atoms with E-state index in [0.29, 0.717) is 5.56 Å². The van der Waals surface area contributed by atoms with Crippen LogP contribution in [0, 0.1) is 5.82 Å². The third-order valence-electron chi connectivity index (χ3n) is 3.91. The highest BCUT2D eigenvalue weighted by molar-refractivity contribution is 7.85. The van der Waals surface area contributed by atoms with Gasteiger partial charge in [0.05, 0.1) is 0 Å². The molecule has 116 valence electrons. The van der Waals surface area contributed by atoms with Crippen LogP contribution in [0.1, 0.15) is 44.6 Å². The van der Waals surface area contributed by atoms with Crippen LogP contribution in [0.4, 0.5) is 4.39 Å². The molecular formula is C16H22FNO2S. The van der Waals surface area contributed by atoms with E-state index in [4.69, 9.17) is 0 Å². The summed E-state index contributed by atoms with van der Waals surface area (Å²) in [7, 11) is -1.34. The van der Waals surface area contributed by atoms with E-state index in [1.54, 1.807) is 19.1 Å². The van der Waals surface area contributed by atoms with Crippen molar-refractivity contribution in [1.82, 2.24) is 5.32 Å². The lowest BCUT2D eigenvalue weighted by Gasteiger charge is -2.24. The van der Waals surface area contributed by atoms with Gasteiger partial charge in [-0.3, -0.25) is 9.00 Å². The summed E-state index contributed by atoms with van der Waals surface area (Å²) in [6.45, 7) is 1.67. The number of hydrogen-bond acceptors (Lipinski definition) is 2. The molecule has 5 heteroatoms. The van der Waals surface area contributed by atoms with Gasteiger partial charge in [-0.25, -0.2) is 4.39 Å². The second-order valence-corrected chi connectivity index (χ2v) is 7.40. The van der Waals surface area contributed by atoms with E-state index >= 15 is 0 Å². The zero-order chi connectivity index (χ0) is 15.2. The van der Waals surface area contributed by atoms with E-state index < -0.39 is 16.0 Å². The molecule has 0 bridgehead atoms. The van der Waals surface area contributed by atoms with Gasteiger partial charge in [0.15, 0.2) is 0 Å². The van der Waals surface area contributed by atoms with Crippen molar-refractivity contribution in [1.29, 1.82) is 0 Å². The molecule has 0 radical (unpaired) electrons. The number of rotatable bonds is 5. The summed E-state index contributed by atoms with van der Waals surface area (Å²) in [6.07, 6.45) is 5.54. The lowest BCUT2D eigenvalue weighted by atomic mass is 9.95. The van der Waals surface area contributed by atoms with Gasteiger partial charge in [-0.05, 0) is 37.5 Å². The standard InChI is InChI=1S/C16H22FNO2S/c1-12(16(19)18-15-8-3-2-4-9-15)21(20)11-13-6-5-7-14(17)10-13/h5-7,10,12,15H,2-4,8-9,11H2,1H3,(H,18,19)/t12-,21-/m0/s1. The van der Waals surface area contributed by atoms with Crippen molar-refractivity contribution in [2.45, 2.75) is 56.1 Å². The Hall–Kier alpha value is -1.23. The highest BCUT2D eigenvalue weighted by Gasteiger charge is 2.23. The van der Waals surface area contributed by atoms with Gasteiger partial charge < -0.3 is 5.32 Å². The Morgan fingerprint density at radius 1 is 1.38 bits per heavy atom. The lowest BCUT2D eigenvalue weighted by molar-refractivity contribution is -0.121. The zero-order valence-electron chi connectivity index (χ0n) is 12.3. The fourth-order valence-electron chi connectivity index (χ4n) is 2.60. The van der Waals surface area contributed by atoms with Crippen LogP contribution in [0.25, 0.3) is 0 Å². The van der Waals surface area contributed by atoms with Crippen LogP contribution >= 0.6 is 0 Å². The van der Waals surface area contributed by atoms with Crippen molar-refractivity contribution in [3.8, 4) is 0 Å². The van der Waals surface area contributed by atoms with Gasteiger partial charge in [0.25, 0.3) is 0 Å². The molecule has 1 amide bonds. The summed E-state index contributed by atoms with van der Waals surface area (Å²) in [4.78, 5) is 12.1. The minimum absolute atomic E-state index is 0.156. The number of carbonyl (C=O) groups is 1. The lowest BCUT2D eigenvalue weighted by Crippen LogP contribution is -2.42. The molecule has 1 aromatic carbocycles. The van der Waals surface area contributed by atoms with Gasteiger partial charge in [-0.2, -0.15) is 0 Å². The first kappa shape index (κ1) is 16.1. The van der Waals surface area contributed by atoms with Crippen molar-refractivity contribution in [3.63, 3.8) is 0 Å². The van der Waals surface area contributed by atoms with E-state index in [9.17, 15) is 13.4 Å². The van der Waals surface area contributed by atoms with Gasteiger partial charge in [0.2, 0.25) is 5.91 Å². The molecule has 2 rings (SSSR count). The topological polar surface area (TPSA) is 46.2 Å². The maximum absolute atomic E-state index is 13.1. The molecule has 2 atom stereocenters. The van der Waals surface area contributed by atoms with Crippen LogP contribution < -0.4 is 5.32 Å². The number of halogens is 1. The summed E-state index contributed by atoms with van der Waals surface area (Å²) < 4.78 is 25.3. The summed E-state index contributed by atoms with van der Waals surface area (Å²) in [5, 5.41) is 2.42. The van der Waals surface area contributed by atoms with Gasteiger partial charge in [0.1, 0.15) is 11.1 Å². The first-order valence-corrected chi connectivity index (χ1v) is 8.86. The molecule has 0 spiro atoms. The summed E-state index contributed by atoms with van der Waals surface area (Å²) >= 11 is 0. The van der Waals surface area contributed by atoms with Gasteiger partial charge in [-0.15, -0.1) is 0 Å². The maximum Gasteiger partial charge on any atom is 0.235 e. The van der Waals surface area contributed by atoms with Crippen LogP contribution in [-0.2, 0) is 21.3 Å². The van der Waals surface area contributed by atoms with E-state index in [1.165, 1.54) is 18.6 Å². The Labute approximate surface area is 127 Å². The zero-order valence-corrected chi connectivity index (χ0v) is 13.1. The molecule has 1 N–H and O–H groups in total. The summed E-state index contributed by atoms with van der Waals surface area (Å²) in [5.74, 6) is -0.294. The minimum atomic E-state index is -1.34. The van der Waals surface area contributed by atoms with Crippen molar-refractivity contribution >= 4 is 16.7 Å². The monoisotopic (exact) mass is 311 g/mol. The van der Waals surface area contributed by atoms with E-state index in [1.807, 2.05) is 0 Å². The molecule has 1 fully saturated rings. The fourth-order valence-corrected chi connectivity index (χ4v) is 3.67. The number of nitrogens with one attached hydrogen (secondary N) is 1. The van der Waals surface area contributed by atoms with Crippen molar-refractivity contribution in [2.75, 3.05) is 0 Å². The number of amides is 1. The van der Waals surface area contributed by atoms with Crippen molar-refractivity contribution in [3.05, 3.63) is 35.6 Å². The largest absolute Gasteiger partial charge is 0.352 e. The molecule has 0 aromatic heterocycles. The van der Waals surface area contributed by atoms with Crippen LogP contribution in [0.2, 0.25) is 0 Å². The maximum atomic E-state index is 13.1. The van der Waals surface area contributed by atoms with Gasteiger partial charge >= 0.3 is 0 Å². The first-order chi connectivity index (χ1) is 10.1. The average molecular weight is 311 g/mol. The third kappa shape index (κ3) is 4.92. The molecule has 0 unspecified atom stereocenters. The first-order valence-electron chi connectivity index (χ1n) is 7.48. The van der Waals surface area contributed by atoms with Crippen LogP contribution in [0.3, 0.4) is 0 Å². The van der Waals surface area contributed by atoms with Crippen molar-refractivity contribution in [2.24, 2.45) is 0 Å². The van der Waals surface area contributed by atoms with Crippen LogP contribution in [-0.4, -0.2) is 21.4 Å². The normalized spacial score (nSPS) is 19.0. The van der Waals surface area contributed by atoms with Crippen LogP contribution in [0.15, 0.2) is 24.3 Å². The second kappa shape index (κ2) is 7.69. The highest BCUT2D eigenvalue weighted by Crippen LogP contribution is 2.18. The molecule has 1 saturated carbocycles. The molecule has 0 saturated heterocycles. The Balaban J connectivity index is 1.87. The molecule has 1 aromatic rings. The molecule has 0 heterocycles. The van der Waals surface area contributed by atoms with Gasteiger partial charge in [0, 0.05) is 22.6 Å². The molecule has 1 aliphatic rings. The predicted octanol–water partition coefficient (Wildman–Crippen LogP) is 2.91. The molecule has 0 aliphatic heterocycles. The molecular weight excluding hydrogens is 289 g/mol. The SMILES string of the molecule is C[C@@H](C(=O)NC1CCCCC1)[S@@](=O)Cc1cccc(F)c1. The quantitative estimate of drug-likeness (QED) is 0.909. The van der Waals surface area contributed by atoms with Crippen LogP contribution in [0.5, 0.6) is 0 Å². The fraction of sp³-hybridized carbons (Fsp3) is 0.562. The molecule has 1 aliphatic carbocycles. The molecule has 21 heavy (non-hydrogen) atoms. The van der Waals surface area contributed by atoms with E-state index in [0.717, 1.165) is 25.7 Å². The Morgan fingerprint density at radius 2 is 2.10 bits per heavy atom. The van der Waals surface area contributed by atoms with E-state index in [-0.39, 0.29) is 23.5 Å². The Bertz CT molecular complexity index is 515. The van der Waals surface area contributed by atoms with Gasteiger partial charge in [-0.1, -0.05) is 31.4 Å². The third-order valence-corrected chi connectivity index (χ3v) is 5.53. The summed E-state index contributed by atoms with van der Waals surface area (Å²) in [5.41, 5.74) is 0.658. The second-order valence-electron chi connectivity index (χ2n) is 5.64. The summed E-state index contributed by atoms with van der Waals surface area (Å²) in [6, 6.07) is 6.26. The Kier molecular flexibility index (Phi) is 5.91. The number of benzene rings is 1. The molecule has 3 nitrogen and oxygen atoms in total. The Morgan fingerprint density at radius 3 is 2.76 bits per heavy atom. The number of carbonyl (C=O) groups excluding carboxylic acids is 1.